The molecule has 0 aromatic rings. The Kier molecular flexibility index (Phi) is 7.35. The Morgan fingerprint density at radius 3 is 2.68 bits per heavy atom. The van der Waals surface area contributed by atoms with Gasteiger partial charge in [-0.15, -0.1) is 0 Å². The Labute approximate surface area is 188 Å². The molecule has 4 nitrogen and oxygen atoms in total. The number of Topliss-reactive ketones (excluding diaryl/α,β-unsaturated/α-hetero) is 1. The molecule has 31 heavy (non-hydrogen) atoms. The molecule has 0 aromatic carbocycles. The van der Waals surface area contributed by atoms with E-state index in [-0.39, 0.29) is 11.2 Å². The van der Waals surface area contributed by atoms with Crippen LogP contribution in [0, 0.1) is 23.2 Å². The zero-order chi connectivity index (χ0) is 23.0. The highest BCUT2D eigenvalue weighted by molar-refractivity contribution is 5.86. The number of aliphatic hydroxyl groups is 3. The summed E-state index contributed by atoms with van der Waals surface area (Å²) < 4.78 is 0. The first-order valence-electron chi connectivity index (χ1n) is 12.1. The zero-order valence-corrected chi connectivity index (χ0v) is 19.9. The quantitative estimate of drug-likeness (QED) is 0.561. The van der Waals surface area contributed by atoms with E-state index in [2.05, 4.69) is 32.6 Å². The molecule has 3 fully saturated rings. The molecule has 174 valence electrons. The molecule has 2 unspecified atom stereocenters. The first kappa shape index (κ1) is 24.4. The molecule has 0 spiro atoms. The first-order valence-corrected chi connectivity index (χ1v) is 12.1. The Bertz CT molecular complexity index is 756. The van der Waals surface area contributed by atoms with E-state index in [1.165, 1.54) is 31.3 Å². The minimum absolute atomic E-state index is 0.0630. The molecule has 0 saturated heterocycles. The van der Waals surface area contributed by atoms with Crippen LogP contribution >= 0.6 is 0 Å². The molecule has 0 radical (unpaired) electrons. The molecule has 0 aromatic heterocycles. The summed E-state index contributed by atoms with van der Waals surface area (Å²) in [6.07, 6.45) is 11.3. The van der Waals surface area contributed by atoms with Gasteiger partial charge in [0.05, 0.1) is 12.2 Å². The molecule has 3 aliphatic rings. The lowest BCUT2D eigenvalue weighted by molar-refractivity contribution is -0.134. The lowest BCUT2D eigenvalue weighted by Crippen LogP contribution is -2.36. The van der Waals surface area contributed by atoms with Crippen LogP contribution in [0.4, 0.5) is 0 Å². The standard InChI is InChI=1S/C27H42O4/c1-17(8-13-25(30)26(3,4)31)22-11-12-23-19(7-6-14-27(22,23)5)9-10-20-15-21(28)16-24(29)18(20)2/h9-10,17,21-24,28-29,31H,2,6-8,11-16H2,1,3-5H3/b19-9+,20-10-/t17-,21-,22-,23?,24?,27-/m1/s1. The largest absolute Gasteiger partial charge is 0.393 e. The van der Waals surface area contributed by atoms with Gasteiger partial charge in [0.15, 0.2) is 5.78 Å². The molecular weight excluding hydrogens is 388 g/mol. The van der Waals surface area contributed by atoms with Gasteiger partial charge in [-0.05, 0) is 93.1 Å². The Morgan fingerprint density at radius 2 is 2.00 bits per heavy atom. The third kappa shape index (κ3) is 5.23. The van der Waals surface area contributed by atoms with E-state index in [4.69, 9.17) is 0 Å². The number of fused-ring (bicyclic) bond motifs is 1. The molecule has 0 heterocycles. The van der Waals surface area contributed by atoms with Crippen molar-refractivity contribution in [3.8, 4) is 0 Å². The summed E-state index contributed by atoms with van der Waals surface area (Å²) in [7, 11) is 0. The average Bonchev–Trinajstić information content (AvgIpc) is 3.04. The highest BCUT2D eigenvalue weighted by atomic mass is 16.3. The van der Waals surface area contributed by atoms with Crippen LogP contribution < -0.4 is 0 Å². The van der Waals surface area contributed by atoms with Gasteiger partial charge >= 0.3 is 0 Å². The maximum absolute atomic E-state index is 12.2. The Morgan fingerprint density at radius 1 is 1.29 bits per heavy atom. The summed E-state index contributed by atoms with van der Waals surface area (Å²) in [5, 5.41) is 30.1. The van der Waals surface area contributed by atoms with Crippen LogP contribution in [0.5, 0.6) is 0 Å². The van der Waals surface area contributed by atoms with Gasteiger partial charge in [0, 0.05) is 12.8 Å². The number of hydrogen-bond donors (Lipinski definition) is 3. The van der Waals surface area contributed by atoms with Crippen molar-refractivity contribution >= 4 is 5.78 Å². The third-order valence-corrected chi connectivity index (χ3v) is 8.50. The van der Waals surface area contributed by atoms with Gasteiger partial charge in [0.25, 0.3) is 0 Å². The smallest absolute Gasteiger partial charge is 0.163 e. The molecule has 3 rings (SSSR count). The monoisotopic (exact) mass is 430 g/mol. The van der Waals surface area contributed by atoms with Crippen molar-refractivity contribution in [2.45, 2.75) is 103 Å². The van der Waals surface area contributed by atoms with Crippen LogP contribution in [0.3, 0.4) is 0 Å². The number of hydrogen-bond acceptors (Lipinski definition) is 4. The summed E-state index contributed by atoms with van der Waals surface area (Å²) in [4.78, 5) is 12.2. The van der Waals surface area contributed by atoms with Crippen LogP contribution in [-0.2, 0) is 4.79 Å². The second-order valence-electron chi connectivity index (χ2n) is 11.2. The van der Waals surface area contributed by atoms with Gasteiger partial charge in [-0.2, -0.15) is 0 Å². The summed E-state index contributed by atoms with van der Waals surface area (Å²) in [5.41, 5.74) is 2.23. The maximum Gasteiger partial charge on any atom is 0.163 e. The summed E-state index contributed by atoms with van der Waals surface area (Å²) >= 11 is 0. The molecule has 3 aliphatic carbocycles. The fourth-order valence-electron chi connectivity index (χ4n) is 6.55. The van der Waals surface area contributed by atoms with Gasteiger partial charge in [-0.25, -0.2) is 0 Å². The van der Waals surface area contributed by atoms with Crippen LogP contribution in [0.25, 0.3) is 0 Å². The topological polar surface area (TPSA) is 77.8 Å². The van der Waals surface area contributed by atoms with E-state index < -0.39 is 17.8 Å². The van der Waals surface area contributed by atoms with Crippen LogP contribution in [0.1, 0.15) is 85.5 Å². The van der Waals surface area contributed by atoms with Gasteiger partial charge in [0.1, 0.15) is 5.60 Å². The van der Waals surface area contributed by atoms with Crippen molar-refractivity contribution in [2.75, 3.05) is 0 Å². The molecule has 0 amide bonds. The van der Waals surface area contributed by atoms with Crippen molar-refractivity contribution < 1.29 is 20.1 Å². The van der Waals surface area contributed by atoms with Gasteiger partial charge in [0.2, 0.25) is 0 Å². The van der Waals surface area contributed by atoms with Crippen molar-refractivity contribution in [1.29, 1.82) is 0 Å². The number of ketones is 1. The number of aliphatic hydroxyl groups excluding tert-OH is 2. The lowest BCUT2D eigenvalue weighted by atomic mass is 9.60. The normalized spacial score (nSPS) is 37.8. The van der Waals surface area contributed by atoms with Crippen molar-refractivity contribution in [3.63, 3.8) is 0 Å². The minimum atomic E-state index is -1.24. The van der Waals surface area contributed by atoms with E-state index in [1.54, 1.807) is 13.8 Å². The van der Waals surface area contributed by atoms with E-state index >= 15 is 0 Å². The molecule has 3 N–H and O–H groups in total. The molecule has 0 aliphatic heterocycles. The first-order chi connectivity index (χ1) is 14.4. The van der Waals surface area contributed by atoms with Crippen molar-refractivity contribution in [3.05, 3.63) is 35.5 Å². The molecular formula is C27H42O4. The minimum Gasteiger partial charge on any atom is -0.393 e. The predicted octanol–water partition coefficient (Wildman–Crippen LogP) is 4.88. The highest BCUT2D eigenvalue weighted by Gasteiger charge is 2.50. The molecule has 0 bridgehead atoms. The number of rotatable bonds is 6. The second-order valence-corrected chi connectivity index (χ2v) is 11.2. The number of carbonyl (C=O) groups excluding carboxylic acids is 1. The van der Waals surface area contributed by atoms with Crippen LogP contribution in [-0.4, -0.2) is 38.9 Å². The van der Waals surface area contributed by atoms with Crippen LogP contribution in [0.15, 0.2) is 35.5 Å². The summed E-state index contributed by atoms with van der Waals surface area (Å²) in [6.45, 7) is 11.9. The fourth-order valence-corrected chi connectivity index (χ4v) is 6.55. The van der Waals surface area contributed by atoms with Gasteiger partial charge < -0.3 is 15.3 Å². The van der Waals surface area contributed by atoms with Crippen molar-refractivity contribution in [2.24, 2.45) is 23.2 Å². The SMILES string of the molecule is C=C1/C(=C\C=C2/CCC[C@@]3(C)C2CC[C@@H]3[C@H](C)CCC(=O)C(C)(C)O)C[C@@H](O)CC1O. The highest BCUT2D eigenvalue weighted by Crippen LogP contribution is 2.59. The lowest BCUT2D eigenvalue weighted by Gasteiger charge is -2.44. The molecule has 4 heteroatoms. The summed E-state index contributed by atoms with van der Waals surface area (Å²) in [6, 6.07) is 0. The zero-order valence-electron chi connectivity index (χ0n) is 19.9. The fraction of sp³-hybridized carbons (Fsp3) is 0.741. The van der Waals surface area contributed by atoms with E-state index in [0.717, 1.165) is 24.0 Å². The van der Waals surface area contributed by atoms with E-state index in [9.17, 15) is 20.1 Å². The van der Waals surface area contributed by atoms with E-state index in [1.807, 2.05) is 0 Å². The number of carbonyl (C=O) groups is 1. The van der Waals surface area contributed by atoms with Crippen molar-refractivity contribution in [1.82, 2.24) is 0 Å². The second kappa shape index (κ2) is 9.33. The van der Waals surface area contributed by atoms with E-state index in [0.29, 0.717) is 37.0 Å². The third-order valence-electron chi connectivity index (χ3n) is 8.50. The molecule has 3 saturated carbocycles. The van der Waals surface area contributed by atoms with Gasteiger partial charge in [-0.3, -0.25) is 4.79 Å². The summed E-state index contributed by atoms with van der Waals surface area (Å²) in [5.74, 6) is 1.55. The Hall–Kier alpha value is -1.23. The number of allylic oxidation sites excluding steroid dienone is 3. The Balaban J connectivity index is 1.72. The van der Waals surface area contributed by atoms with Gasteiger partial charge in [-0.1, -0.05) is 38.2 Å². The van der Waals surface area contributed by atoms with Crippen LogP contribution in [0.2, 0.25) is 0 Å². The molecule has 6 atom stereocenters. The predicted molar refractivity (Wildman–Crippen MR) is 124 cm³/mol. The average molecular weight is 431 g/mol. The maximum atomic E-state index is 12.2.